The molecule has 0 atom stereocenters. The molecule has 0 aliphatic carbocycles. The van der Waals surface area contributed by atoms with E-state index >= 15 is 0 Å². The molecule has 0 bridgehead atoms. The third-order valence-corrected chi connectivity index (χ3v) is 3.40. The van der Waals surface area contributed by atoms with Crippen molar-refractivity contribution in [3.8, 4) is 11.3 Å². The summed E-state index contributed by atoms with van der Waals surface area (Å²) >= 11 is 0. The van der Waals surface area contributed by atoms with E-state index in [1.807, 2.05) is 44.2 Å². The highest BCUT2D eigenvalue weighted by molar-refractivity contribution is 5.94. The van der Waals surface area contributed by atoms with Crippen molar-refractivity contribution in [3.05, 3.63) is 59.2 Å². The van der Waals surface area contributed by atoms with Gasteiger partial charge in [0.15, 0.2) is 5.76 Å². The number of aromatic nitrogens is 1. The summed E-state index contributed by atoms with van der Waals surface area (Å²) in [5.41, 5.74) is 4.83. The van der Waals surface area contributed by atoms with Crippen LogP contribution in [-0.4, -0.2) is 16.2 Å². The van der Waals surface area contributed by atoms with Crippen LogP contribution >= 0.6 is 0 Å². The molecule has 0 fully saturated rings. The SMILES string of the molecule is Cc1cc(C)cc(-c2onc3ccc(/C=C/C(=O)O)cc23)c1. The van der Waals surface area contributed by atoms with Gasteiger partial charge in [-0.3, -0.25) is 0 Å². The number of aliphatic carboxylic acids is 1. The van der Waals surface area contributed by atoms with Crippen LogP contribution in [0.2, 0.25) is 0 Å². The molecule has 0 unspecified atom stereocenters. The lowest BCUT2D eigenvalue weighted by atomic mass is 10.0. The molecule has 0 spiro atoms. The minimum absolute atomic E-state index is 0.701. The number of hydrogen-bond acceptors (Lipinski definition) is 3. The van der Waals surface area contributed by atoms with E-state index in [1.165, 1.54) is 0 Å². The van der Waals surface area contributed by atoms with Crippen molar-refractivity contribution in [1.82, 2.24) is 5.16 Å². The second-order valence-electron chi connectivity index (χ2n) is 5.34. The largest absolute Gasteiger partial charge is 0.478 e. The predicted octanol–water partition coefficient (Wildman–Crippen LogP) is 4.21. The Morgan fingerprint density at radius 1 is 1.14 bits per heavy atom. The maximum atomic E-state index is 10.6. The van der Waals surface area contributed by atoms with Gasteiger partial charge in [0.1, 0.15) is 5.52 Å². The molecule has 0 radical (unpaired) electrons. The first-order chi connectivity index (χ1) is 10.5. The Morgan fingerprint density at radius 3 is 2.55 bits per heavy atom. The van der Waals surface area contributed by atoms with Gasteiger partial charge < -0.3 is 9.63 Å². The molecule has 22 heavy (non-hydrogen) atoms. The first-order valence-electron chi connectivity index (χ1n) is 6.92. The van der Waals surface area contributed by atoms with E-state index in [2.05, 4.69) is 11.2 Å². The summed E-state index contributed by atoms with van der Waals surface area (Å²) in [4.78, 5) is 10.6. The smallest absolute Gasteiger partial charge is 0.328 e. The minimum atomic E-state index is -0.972. The van der Waals surface area contributed by atoms with Gasteiger partial charge in [-0.15, -0.1) is 0 Å². The molecule has 2 aromatic carbocycles. The summed E-state index contributed by atoms with van der Waals surface area (Å²) in [6, 6.07) is 11.7. The predicted molar refractivity (Wildman–Crippen MR) is 85.6 cm³/mol. The lowest BCUT2D eigenvalue weighted by Gasteiger charge is -2.02. The third-order valence-electron chi connectivity index (χ3n) is 3.40. The molecule has 1 aromatic heterocycles. The maximum Gasteiger partial charge on any atom is 0.328 e. The fourth-order valence-corrected chi connectivity index (χ4v) is 2.54. The number of carbonyl (C=O) groups is 1. The third kappa shape index (κ3) is 2.76. The lowest BCUT2D eigenvalue weighted by Crippen LogP contribution is -1.85. The first-order valence-corrected chi connectivity index (χ1v) is 6.92. The highest BCUT2D eigenvalue weighted by Crippen LogP contribution is 2.30. The molecule has 3 aromatic rings. The molecular weight excluding hydrogens is 278 g/mol. The summed E-state index contributed by atoms with van der Waals surface area (Å²) in [7, 11) is 0. The zero-order chi connectivity index (χ0) is 15.7. The molecule has 0 aliphatic rings. The fourth-order valence-electron chi connectivity index (χ4n) is 2.54. The van der Waals surface area contributed by atoms with Gasteiger partial charge in [-0.1, -0.05) is 28.4 Å². The van der Waals surface area contributed by atoms with Gasteiger partial charge in [-0.2, -0.15) is 0 Å². The van der Waals surface area contributed by atoms with E-state index < -0.39 is 5.97 Å². The van der Waals surface area contributed by atoms with Gasteiger partial charge in [0.05, 0.1) is 5.39 Å². The van der Waals surface area contributed by atoms with E-state index in [0.29, 0.717) is 5.76 Å². The van der Waals surface area contributed by atoms with Gasteiger partial charge in [0.25, 0.3) is 0 Å². The summed E-state index contributed by atoms with van der Waals surface area (Å²) in [6.45, 7) is 4.08. The highest BCUT2D eigenvalue weighted by atomic mass is 16.5. The van der Waals surface area contributed by atoms with Gasteiger partial charge in [-0.05, 0) is 49.8 Å². The Bertz CT molecular complexity index is 870. The molecule has 110 valence electrons. The molecule has 0 amide bonds. The standard InChI is InChI=1S/C18H15NO3/c1-11-7-12(2)9-14(8-11)18-15-10-13(4-6-17(20)21)3-5-16(15)19-22-18/h3-10H,1-2H3,(H,20,21)/b6-4+. The Morgan fingerprint density at radius 2 is 1.86 bits per heavy atom. The highest BCUT2D eigenvalue weighted by Gasteiger charge is 2.11. The van der Waals surface area contributed by atoms with Crippen LogP contribution < -0.4 is 0 Å². The average Bonchev–Trinajstić information content (AvgIpc) is 2.87. The van der Waals surface area contributed by atoms with Crippen LogP contribution in [-0.2, 0) is 4.79 Å². The van der Waals surface area contributed by atoms with Crippen LogP contribution in [0.15, 0.2) is 47.0 Å². The van der Waals surface area contributed by atoms with E-state index in [0.717, 1.165) is 39.2 Å². The van der Waals surface area contributed by atoms with Gasteiger partial charge in [0.2, 0.25) is 0 Å². The van der Waals surface area contributed by atoms with Crippen molar-refractivity contribution in [2.24, 2.45) is 0 Å². The van der Waals surface area contributed by atoms with Crippen molar-refractivity contribution in [3.63, 3.8) is 0 Å². The maximum absolute atomic E-state index is 10.6. The van der Waals surface area contributed by atoms with Gasteiger partial charge >= 0.3 is 5.97 Å². The second-order valence-corrected chi connectivity index (χ2v) is 5.34. The van der Waals surface area contributed by atoms with Crippen LogP contribution in [0.25, 0.3) is 28.3 Å². The van der Waals surface area contributed by atoms with Crippen LogP contribution in [0.1, 0.15) is 16.7 Å². The number of carboxylic acid groups (broad SMARTS) is 1. The number of fused-ring (bicyclic) bond motifs is 1. The average molecular weight is 293 g/mol. The van der Waals surface area contributed by atoms with E-state index in [9.17, 15) is 4.79 Å². The number of aryl methyl sites for hydroxylation is 2. The van der Waals surface area contributed by atoms with Crippen molar-refractivity contribution in [2.75, 3.05) is 0 Å². The molecule has 4 heteroatoms. The van der Waals surface area contributed by atoms with Crippen LogP contribution in [0, 0.1) is 13.8 Å². The summed E-state index contributed by atoms with van der Waals surface area (Å²) in [5, 5.41) is 13.7. The second kappa shape index (κ2) is 5.48. The van der Waals surface area contributed by atoms with Gasteiger partial charge in [0, 0.05) is 11.6 Å². The first kappa shape index (κ1) is 14.1. The summed E-state index contributed by atoms with van der Waals surface area (Å²) in [6.07, 6.45) is 2.67. The zero-order valence-electron chi connectivity index (χ0n) is 12.3. The van der Waals surface area contributed by atoms with Crippen molar-refractivity contribution < 1.29 is 14.4 Å². The molecule has 3 rings (SSSR count). The molecule has 1 N–H and O–H groups in total. The van der Waals surface area contributed by atoms with Crippen molar-refractivity contribution >= 4 is 22.9 Å². The topological polar surface area (TPSA) is 63.3 Å². The van der Waals surface area contributed by atoms with Crippen LogP contribution in [0.4, 0.5) is 0 Å². The van der Waals surface area contributed by atoms with Crippen molar-refractivity contribution in [2.45, 2.75) is 13.8 Å². The number of nitrogens with zero attached hydrogens (tertiary/aromatic N) is 1. The quantitative estimate of drug-likeness (QED) is 0.735. The van der Waals surface area contributed by atoms with E-state index in [1.54, 1.807) is 6.08 Å². The molecule has 4 nitrogen and oxygen atoms in total. The molecule has 0 aliphatic heterocycles. The van der Waals surface area contributed by atoms with Crippen LogP contribution in [0.3, 0.4) is 0 Å². The summed E-state index contributed by atoms with van der Waals surface area (Å²) in [5.74, 6) is -0.271. The zero-order valence-corrected chi connectivity index (χ0v) is 12.3. The monoisotopic (exact) mass is 293 g/mol. The number of rotatable bonds is 3. The fraction of sp³-hybridized carbons (Fsp3) is 0.111. The summed E-state index contributed by atoms with van der Waals surface area (Å²) < 4.78 is 5.50. The minimum Gasteiger partial charge on any atom is -0.478 e. The number of carboxylic acids is 1. The molecular formula is C18H15NO3. The molecule has 1 heterocycles. The van der Waals surface area contributed by atoms with E-state index in [-0.39, 0.29) is 0 Å². The Hall–Kier alpha value is -2.88. The lowest BCUT2D eigenvalue weighted by molar-refractivity contribution is -0.131. The molecule has 0 saturated heterocycles. The Labute approximate surface area is 127 Å². The normalized spacial score (nSPS) is 11.4. The van der Waals surface area contributed by atoms with E-state index in [4.69, 9.17) is 9.63 Å². The number of hydrogen-bond donors (Lipinski definition) is 1. The number of benzene rings is 2. The van der Waals surface area contributed by atoms with Crippen LogP contribution in [0.5, 0.6) is 0 Å². The Kier molecular flexibility index (Phi) is 3.51. The Balaban J connectivity index is 2.14. The molecule has 0 saturated carbocycles. The van der Waals surface area contributed by atoms with Gasteiger partial charge in [-0.25, -0.2) is 4.79 Å². The van der Waals surface area contributed by atoms with Crippen molar-refractivity contribution in [1.29, 1.82) is 0 Å².